The lowest BCUT2D eigenvalue weighted by atomic mass is 10.2. The highest BCUT2D eigenvalue weighted by atomic mass is 35.5. The molecular formula is C15H15ClN4. The Kier molecular flexibility index (Phi) is 3.10. The number of halogens is 1. The molecule has 0 saturated carbocycles. The van der Waals surface area contributed by atoms with Gasteiger partial charge >= 0.3 is 0 Å². The molecule has 2 heterocycles. The number of para-hydroxylation sites is 1. The Bertz CT molecular complexity index is 759. The number of hydrogen-bond acceptors (Lipinski definition) is 3. The molecule has 3 aromatic rings. The minimum atomic E-state index is 0.231. The van der Waals surface area contributed by atoms with Crippen LogP contribution in [0.3, 0.4) is 0 Å². The summed E-state index contributed by atoms with van der Waals surface area (Å²) >= 11 is 6.33. The fraction of sp³-hybridized carbons (Fsp3) is 0.200. The van der Waals surface area contributed by atoms with Crippen LogP contribution in [0.2, 0.25) is 5.02 Å². The van der Waals surface area contributed by atoms with Crippen LogP contribution in [0.1, 0.15) is 19.9 Å². The normalized spacial score (nSPS) is 11.4. The average molecular weight is 287 g/mol. The minimum Gasteiger partial charge on any atom is -0.397 e. The van der Waals surface area contributed by atoms with Crippen molar-refractivity contribution in [3.63, 3.8) is 0 Å². The molecule has 3 rings (SSSR count). The SMILES string of the molecule is CC(C)n1c(-c2ccc(N)cn2)nc2cccc(Cl)c21. The third-order valence-corrected chi connectivity index (χ3v) is 3.50. The van der Waals surface area contributed by atoms with Crippen LogP contribution in [0.25, 0.3) is 22.6 Å². The molecule has 102 valence electrons. The Hall–Kier alpha value is -2.07. The van der Waals surface area contributed by atoms with Gasteiger partial charge in [0, 0.05) is 6.04 Å². The van der Waals surface area contributed by atoms with Gasteiger partial charge in [0.25, 0.3) is 0 Å². The van der Waals surface area contributed by atoms with Gasteiger partial charge in [-0.05, 0) is 38.1 Å². The van der Waals surface area contributed by atoms with Crippen LogP contribution in [0, 0.1) is 0 Å². The number of benzene rings is 1. The number of fused-ring (bicyclic) bond motifs is 1. The number of rotatable bonds is 2. The van der Waals surface area contributed by atoms with E-state index < -0.39 is 0 Å². The van der Waals surface area contributed by atoms with Crippen molar-refractivity contribution in [1.29, 1.82) is 0 Å². The fourth-order valence-electron chi connectivity index (χ4n) is 2.33. The van der Waals surface area contributed by atoms with Crippen molar-refractivity contribution in [2.45, 2.75) is 19.9 Å². The molecule has 0 fully saturated rings. The van der Waals surface area contributed by atoms with Crippen LogP contribution in [-0.2, 0) is 0 Å². The molecule has 0 bridgehead atoms. The van der Waals surface area contributed by atoms with E-state index in [9.17, 15) is 0 Å². The summed E-state index contributed by atoms with van der Waals surface area (Å²) in [6, 6.07) is 9.68. The molecule has 0 saturated heterocycles. The number of hydrogen-bond donors (Lipinski definition) is 1. The van der Waals surface area contributed by atoms with E-state index >= 15 is 0 Å². The third kappa shape index (κ3) is 2.02. The Labute approximate surface area is 122 Å². The number of aromatic nitrogens is 3. The van der Waals surface area contributed by atoms with Crippen molar-refractivity contribution in [3.8, 4) is 11.5 Å². The van der Waals surface area contributed by atoms with E-state index in [1.807, 2.05) is 30.3 Å². The zero-order chi connectivity index (χ0) is 14.3. The number of anilines is 1. The number of nitrogens with two attached hydrogens (primary N) is 1. The molecule has 2 N–H and O–H groups in total. The summed E-state index contributed by atoms with van der Waals surface area (Å²) in [7, 11) is 0. The van der Waals surface area contributed by atoms with Gasteiger partial charge in [0.2, 0.25) is 0 Å². The van der Waals surface area contributed by atoms with Crippen LogP contribution in [0.4, 0.5) is 5.69 Å². The largest absolute Gasteiger partial charge is 0.397 e. The summed E-state index contributed by atoms with van der Waals surface area (Å²) in [5.74, 6) is 0.808. The van der Waals surface area contributed by atoms with E-state index in [4.69, 9.17) is 17.3 Å². The van der Waals surface area contributed by atoms with E-state index in [2.05, 4.69) is 28.4 Å². The van der Waals surface area contributed by atoms with Crippen LogP contribution >= 0.6 is 11.6 Å². The number of nitrogen functional groups attached to an aromatic ring is 1. The molecule has 0 aliphatic carbocycles. The number of nitrogens with zero attached hydrogens (tertiary/aromatic N) is 3. The molecule has 0 unspecified atom stereocenters. The van der Waals surface area contributed by atoms with Crippen molar-refractivity contribution in [2.75, 3.05) is 5.73 Å². The summed E-state index contributed by atoms with van der Waals surface area (Å²) in [5.41, 5.74) is 8.94. The molecule has 1 aromatic carbocycles. The van der Waals surface area contributed by atoms with Gasteiger partial charge in [0.15, 0.2) is 5.82 Å². The molecule has 4 nitrogen and oxygen atoms in total. The molecule has 0 amide bonds. The van der Waals surface area contributed by atoms with Crippen LogP contribution in [-0.4, -0.2) is 14.5 Å². The first-order valence-electron chi connectivity index (χ1n) is 6.46. The lowest BCUT2D eigenvalue weighted by molar-refractivity contribution is 0.623. The molecule has 0 aliphatic heterocycles. The van der Waals surface area contributed by atoms with Crippen molar-refractivity contribution >= 4 is 28.3 Å². The van der Waals surface area contributed by atoms with Crippen molar-refractivity contribution in [3.05, 3.63) is 41.6 Å². The van der Waals surface area contributed by atoms with E-state index in [-0.39, 0.29) is 6.04 Å². The first-order chi connectivity index (χ1) is 9.58. The lowest BCUT2D eigenvalue weighted by Crippen LogP contribution is -2.04. The Morgan fingerprint density at radius 1 is 1.20 bits per heavy atom. The first-order valence-corrected chi connectivity index (χ1v) is 6.84. The van der Waals surface area contributed by atoms with Gasteiger partial charge in [0.05, 0.1) is 27.9 Å². The predicted molar refractivity (Wildman–Crippen MR) is 82.8 cm³/mol. The smallest absolute Gasteiger partial charge is 0.160 e. The van der Waals surface area contributed by atoms with Crippen molar-refractivity contribution < 1.29 is 0 Å². The van der Waals surface area contributed by atoms with Crippen LogP contribution in [0.5, 0.6) is 0 Å². The maximum absolute atomic E-state index is 6.33. The highest BCUT2D eigenvalue weighted by Gasteiger charge is 2.17. The van der Waals surface area contributed by atoms with Crippen molar-refractivity contribution in [2.24, 2.45) is 0 Å². The Morgan fingerprint density at radius 2 is 2.00 bits per heavy atom. The highest BCUT2D eigenvalue weighted by molar-refractivity contribution is 6.35. The summed E-state index contributed by atoms with van der Waals surface area (Å²) in [6.45, 7) is 4.20. The zero-order valence-electron chi connectivity index (χ0n) is 11.3. The van der Waals surface area contributed by atoms with E-state index in [0.717, 1.165) is 22.6 Å². The van der Waals surface area contributed by atoms with E-state index in [1.165, 1.54) is 0 Å². The van der Waals surface area contributed by atoms with Crippen molar-refractivity contribution in [1.82, 2.24) is 14.5 Å². The van der Waals surface area contributed by atoms with Gasteiger partial charge in [0.1, 0.15) is 5.69 Å². The van der Waals surface area contributed by atoms with Crippen LogP contribution in [0.15, 0.2) is 36.5 Å². The van der Waals surface area contributed by atoms with E-state index in [1.54, 1.807) is 6.20 Å². The monoisotopic (exact) mass is 286 g/mol. The fourth-order valence-corrected chi connectivity index (χ4v) is 2.59. The topological polar surface area (TPSA) is 56.7 Å². The maximum atomic E-state index is 6.33. The lowest BCUT2D eigenvalue weighted by Gasteiger charge is -2.13. The second-order valence-corrected chi connectivity index (χ2v) is 5.39. The predicted octanol–water partition coefficient (Wildman–Crippen LogP) is 3.91. The average Bonchev–Trinajstić information content (AvgIpc) is 2.80. The Balaban J connectivity index is 2.32. The van der Waals surface area contributed by atoms with Gasteiger partial charge in [-0.1, -0.05) is 17.7 Å². The second-order valence-electron chi connectivity index (χ2n) is 4.98. The molecule has 0 spiro atoms. The summed E-state index contributed by atoms with van der Waals surface area (Å²) in [6.07, 6.45) is 1.64. The molecule has 0 radical (unpaired) electrons. The Morgan fingerprint density at radius 3 is 2.65 bits per heavy atom. The maximum Gasteiger partial charge on any atom is 0.160 e. The summed E-state index contributed by atoms with van der Waals surface area (Å²) in [4.78, 5) is 9.03. The minimum absolute atomic E-state index is 0.231. The van der Waals surface area contributed by atoms with Crippen LogP contribution < -0.4 is 5.73 Å². The molecule has 20 heavy (non-hydrogen) atoms. The first kappa shape index (κ1) is 12.9. The number of pyridine rings is 1. The standard InChI is InChI=1S/C15H15ClN4/c1-9(2)20-14-11(16)4-3-5-12(14)19-15(20)13-7-6-10(17)8-18-13/h3-9H,17H2,1-2H3. The summed E-state index contributed by atoms with van der Waals surface area (Å²) in [5, 5.41) is 0.699. The van der Waals surface area contributed by atoms with Gasteiger partial charge in [-0.15, -0.1) is 0 Å². The van der Waals surface area contributed by atoms with E-state index in [0.29, 0.717) is 10.7 Å². The molecule has 0 aliphatic rings. The van der Waals surface area contributed by atoms with Gasteiger partial charge in [-0.3, -0.25) is 4.98 Å². The molecule has 5 heteroatoms. The van der Waals surface area contributed by atoms with Gasteiger partial charge < -0.3 is 10.3 Å². The van der Waals surface area contributed by atoms with Gasteiger partial charge in [-0.2, -0.15) is 0 Å². The molecule has 2 aromatic heterocycles. The van der Waals surface area contributed by atoms with Gasteiger partial charge in [-0.25, -0.2) is 4.98 Å². The third-order valence-electron chi connectivity index (χ3n) is 3.19. The summed E-state index contributed by atoms with van der Waals surface area (Å²) < 4.78 is 2.11. The highest BCUT2D eigenvalue weighted by Crippen LogP contribution is 2.31. The second kappa shape index (κ2) is 4.80. The quantitative estimate of drug-likeness (QED) is 0.777. The molecular weight excluding hydrogens is 272 g/mol. The number of imidazole rings is 1. The zero-order valence-corrected chi connectivity index (χ0v) is 12.1. The molecule has 0 atom stereocenters.